The summed E-state index contributed by atoms with van der Waals surface area (Å²) in [5, 5.41) is 3.43. The normalized spacial score (nSPS) is 17.7. The second-order valence-electron chi connectivity index (χ2n) is 19.4. The number of carbonyl (C=O) groups is 1. The van der Waals surface area contributed by atoms with Gasteiger partial charge in [-0.05, 0) is 32.9 Å². The summed E-state index contributed by atoms with van der Waals surface area (Å²) in [6, 6.07) is 14.0. The number of hydrogen-bond acceptors (Lipinski definition) is 19. The molecule has 1 N–H and O–H groups in total. The summed E-state index contributed by atoms with van der Waals surface area (Å²) >= 11 is 0. The molecule has 0 aliphatic carbocycles. The van der Waals surface area contributed by atoms with Gasteiger partial charge in [0.15, 0.2) is 23.0 Å². The van der Waals surface area contributed by atoms with Crippen LogP contribution in [0.5, 0.6) is 34.5 Å². The minimum atomic E-state index is -0.654. The first-order valence-corrected chi connectivity index (χ1v) is 25.3. The highest BCUT2D eigenvalue weighted by Crippen LogP contribution is 2.31. The quantitative estimate of drug-likeness (QED) is 0.146. The maximum Gasteiger partial charge on any atom is 0.410 e. The summed E-state index contributed by atoms with van der Waals surface area (Å²) < 4.78 is 54.2. The Hall–Kier alpha value is -7.11. The number of ether oxygens (including phenoxy) is 9. The van der Waals surface area contributed by atoms with Crippen LogP contribution in [-0.2, 0) is 40.4 Å². The van der Waals surface area contributed by atoms with Gasteiger partial charge in [0.2, 0.25) is 0 Å². The van der Waals surface area contributed by atoms with E-state index in [4.69, 9.17) is 42.6 Å². The van der Waals surface area contributed by atoms with E-state index in [9.17, 15) is 14.4 Å². The maximum atomic E-state index is 13.2. The molecular formula is C53H66N10O12. The smallest absolute Gasteiger partial charge is 0.410 e. The molecule has 10 heterocycles. The summed E-state index contributed by atoms with van der Waals surface area (Å²) in [5.74, 6) is 3.88. The molecule has 75 heavy (non-hydrogen) atoms. The van der Waals surface area contributed by atoms with Gasteiger partial charge in [-0.15, -0.1) is 0 Å². The summed E-state index contributed by atoms with van der Waals surface area (Å²) in [5.41, 5.74) is 3.78. The van der Waals surface area contributed by atoms with Crippen LogP contribution >= 0.6 is 0 Å². The Labute approximate surface area is 434 Å². The number of morpholine rings is 2. The number of hydrogen-bond donors (Lipinski definition) is 1. The SMILES string of the molecule is COc1cnc2ccc(=O)n(CCN3CCOC(CN(Cc4cc5c(cn4)OCCO5)C(=O)OC(C)(C)C)C3)c2c1.COc1cnc2ccc(=O)n(CCN3CCOC(CNCc4cc5c(cn4)OCCO5)C3)c2c1. The predicted molar refractivity (Wildman–Crippen MR) is 276 cm³/mol. The van der Waals surface area contributed by atoms with Crippen molar-refractivity contribution in [1.29, 1.82) is 0 Å². The van der Waals surface area contributed by atoms with Crippen LogP contribution in [-0.4, -0.2) is 174 Å². The van der Waals surface area contributed by atoms with Crippen LogP contribution < -0.4 is 44.9 Å². The Morgan fingerprint density at radius 1 is 0.640 bits per heavy atom. The van der Waals surface area contributed by atoms with E-state index in [1.807, 2.05) is 39.0 Å². The van der Waals surface area contributed by atoms with E-state index in [1.165, 1.54) is 6.07 Å². The highest BCUT2D eigenvalue weighted by Gasteiger charge is 2.30. The van der Waals surface area contributed by atoms with Crippen molar-refractivity contribution in [1.82, 2.24) is 49.1 Å². The van der Waals surface area contributed by atoms with Crippen molar-refractivity contribution in [3.63, 3.8) is 0 Å². The molecule has 22 nitrogen and oxygen atoms in total. The molecule has 0 aromatic carbocycles. The zero-order valence-electron chi connectivity index (χ0n) is 43.2. The lowest BCUT2D eigenvalue weighted by atomic mass is 10.2. The van der Waals surface area contributed by atoms with Gasteiger partial charge in [0.1, 0.15) is 43.5 Å². The van der Waals surface area contributed by atoms with Crippen molar-refractivity contribution in [2.45, 2.75) is 64.8 Å². The third kappa shape index (κ3) is 14.0. The van der Waals surface area contributed by atoms with Gasteiger partial charge in [-0.2, -0.15) is 0 Å². The fourth-order valence-corrected chi connectivity index (χ4v) is 9.16. The van der Waals surface area contributed by atoms with Crippen molar-refractivity contribution in [3.8, 4) is 34.5 Å². The summed E-state index contributed by atoms with van der Waals surface area (Å²) in [4.78, 5) is 62.4. The number of nitrogens with zero attached hydrogens (tertiary/aromatic N) is 9. The first-order chi connectivity index (χ1) is 36.4. The average molecular weight is 1040 g/mol. The van der Waals surface area contributed by atoms with Gasteiger partial charge >= 0.3 is 6.09 Å². The van der Waals surface area contributed by atoms with Gasteiger partial charge in [-0.1, -0.05) is 0 Å². The molecule has 4 aliphatic rings. The van der Waals surface area contributed by atoms with Crippen molar-refractivity contribution in [2.24, 2.45) is 0 Å². The van der Waals surface area contributed by atoms with Gasteiger partial charge in [0.05, 0.1) is 111 Å². The molecule has 2 fully saturated rings. The number of nitrogens with one attached hydrogen (secondary N) is 1. The summed E-state index contributed by atoms with van der Waals surface area (Å²) in [6.45, 7) is 16.0. The predicted octanol–water partition coefficient (Wildman–Crippen LogP) is 3.77. The molecule has 2 unspecified atom stereocenters. The number of fused-ring (bicyclic) bond motifs is 4. The number of methoxy groups -OCH3 is 2. The third-order valence-corrected chi connectivity index (χ3v) is 12.9. The first-order valence-electron chi connectivity index (χ1n) is 25.3. The highest BCUT2D eigenvalue weighted by molar-refractivity contribution is 5.76. The lowest BCUT2D eigenvalue weighted by Gasteiger charge is -2.36. The van der Waals surface area contributed by atoms with Crippen LogP contribution in [0.25, 0.3) is 22.1 Å². The minimum Gasteiger partial charge on any atom is -0.495 e. The summed E-state index contributed by atoms with van der Waals surface area (Å²) in [7, 11) is 3.17. The van der Waals surface area contributed by atoms with Gasteiger partial charge < -0.3 is 57.1 Å². The van der Waals surface area contributed by atoms with Gasteiger partial charge in [0.25, 0.3) is 11.1 Å². The Balaban J connectivity index is 0.000000187. The molecule has 6 aromatic heterocycles. The highest BCUT2D eigenvalue weighted by atomic mass is 16.6. The minimum absolute atomic E-state index is 0.0408. The topological polar surface area (TPSA) is 217 Å². The molecule has 0 spiro atoms. The van der Waals surface area contributed by atoms with E-state index in [0.717, 1.165) is 53.1 Å². The Bertz CT molecular complexity index is 3040. The number of aromatic nitrogens is 6. The van der Waals surface area contributed by atoms with Crippen molar-refractivity contribution in [3.05, 3.63) is 105 Å². The van der Waals surface area contributed by atoms with E-state index < -0.39 is 11.7 Å². The van der Waals surface area contributed by atoms with Crippen LogP contribution in [0.4, 0.5) is 4.79 Å². The molecule has 2 atom stereocenters. The van der Waals surface area contributed by atoms with Crippen LogP contribution in [0.3, 0.4) is 0 Å². The monoisotopic (exact) mass is 1030 g/mol. The molecule has 2 saturated heterocycles. The molecule has 400 valence electrons. The maximum absolute atomic E-state index is 13.2. The van der Waals surface area contributed by atoms with Crippen LogP contribution in [0, 0.1) is 0 Å². The van der Waals surface area contributed by atoms with E-state index in [0.29, 0.717) is 126 Å². The van der Waals surface area contributed by atoms with Crippen LogP contribution in [0.15, 0.2) is 82.9 Å². The van der Waals surface area contributed by atoms with Gasteiger partial charge in [0, 0.05) is 102 Å². The van der Waals surface area contributed by atoms with Crippen LogP contribution in [0.2, 0.25) is 0 Å². The molecule has 4 aliphatic heterocycles. The molecule has 0 saturated carbocycles. The molecule has 0 bridgehead atoms. The van der Waals surface area contributed by atoms with Crippen molar-refractivity contribution in [2.75, 3.05) is 106 Å². The Morgan fingerprint density at radius 2 is 1.15 bits per heavy atom. The van der Waals surface area contributed by atoms with Gasteiger partial charge in [-0.3, -0.25) is 44.2 Å². The van der Waals surface area contributed by atoms with E-state index in [2.05, 4.69) is 35.1 Å². The second-order valence-corrected chi connectivity index (χ2v) is 19.4. The second kappa shape index (κ2) is 24.5. The molecule has 6 aromatic rings. The molecule has 0 radical (unpaired) electrons. The number of carbonyl (C=O) groups excluding carboxylic acids is 1. The Kier molecular flexibility index (Phi) is 17.2. The fraction of sp³-hybridized carbons (Fsp3) is 0.491. The zero-order chi connectivity index (χ0) is 52.3. The molecule has 22 heteroatoms. The molecule has 1 amide bonds. The van der Waals surface area contributed by atoms with E-state index in [1.54, 1.807) is 77.3 Å². The number of pyridine rings is 6. The molecule has 10 rings (SSSR count). The lowest BCUT2D eigenvalue weighted by molar-refractivity contribution is -0.0495. The van der Waals surface area contributed by atoms with E-state index in [-0.39, 0.29) is 29.9 Å². The van der Waals surface area contributed by atoms with E-state index >= 15 is 0 Å². The van der Waals surface area contributed by atoms with Crippen LogP contribution in [0.1, 0.15) is 32.2 Å². The Morgan fingerprint density at radius 3 is 1.69 bits per heavy atom. The summed E-state index contributed by atoms with van der Waals surface area (Å²) in [6.07, 6.45) is 6.01. The number of rotatable bonds is 16. The largest absolute Gasteiger partial charge is 0.495 e. The van der Waals surface area contributed by atoms with Gasteiger partial charge in [-0.25, -0.2) is 4.79 Å². The average Bonchev–Trinajstić information content (AvgIpc) is 3.42. The third-order valence-electron chi connectivity index (χ3n) is 12.9. The number of amides is 1. The zero-order valence-corrected chi connectivity index (χ0v) is 43.2. The lowest BCUT2D eigenvalue weighted by Crippen LogP contribution is -2.50. The van der Waals surface area contributed by atoms with Crippen molar-refractivity contribution < 1.29 is 47.4 Å². The molecular weight excluding hydrogens is 969 g/mol. The first kappa shape index (κ1) is 52.7. The standard InChI is InChI=1S/C29H37N5O7.C24H29N5O5/c1-29(2,3)41-28(36)33(17-20-13-25-26(16-30-20)40-12-11-39-25)19-22-18-32(9-10-38-22)7-8-34-24-14-21(37-4)15-31-23(24)5-6-27(34)35;1-31-18-11-21-20(27-14-18)2-3-24(30)29(21)5-4-28-6-7-32-19(16-28)13-25-12-17-10-22-23(15-26-17)34-9-8-33-22/h5-6,13-16,22H,7-12,17-19H2,1-4H3;2-3,10-11,14-15,19,25H,4-9,12-13,16H2,1H3. The van der Waals surface area contributed by atoms with Crippen molar-refractivity contribution >= 4 is 28.2 Å². The fourth-order valence-electron chi connectivity index (χ4n) is 9.16.